The molecule has 4 amide bonds. The predicted octanol–water partition coefficient (Wildman–Crippen LogP) is 3.77. The number of fused-ring (bicyclic) bond motifs is 2. The van der Waals surface area contributed by atoms with E-state index in [4.69, 9.17) is 0 Å². The van der Waals surface area contributed by atoms with E-state index in [1.807, 2.05) is 12.1 Å². The number of carbonyl (C=O) groups is 4. The minimum atomic E-state index is -0.453. The zero-order valence-electron chi connectivity index (χ0n) is 20.2. The molecule has 3 aromatic carbocycles. The topological polar surface area (TPSA) is 98.8 Å². The van der Waals surface area contributed by atoms with Crippen LogP contribution < -0.4 is 20.4 Å². The molecule has 0 radical (unpaired) electrons. The quantitative estimate of drug-likeness (QED) is 0.577. The van der Waals surface area contributed by atoms with Gasteiger partial charge in [0.2, 0.25) is 17.7 Å². The molecule has 0 bridgehead atoms. The van der Waals surface area contributed by atoms with Gasteiger partial charge in [0, 0.05) is 29.9 Å². The van der Waals surface area contributed by atoms with Crippen molar-refractivity contribution in [1.29, 1.82) is 0 Å². The lowest BCUT2D eigenvalue weighted by molar-refractivity contribution is -0.122. The Labute approximate surface area is 214 Å². The van der Waals surface area contributed by atoms with E-state index in [1.165, 1.54) is 16.0 Å². The maximum atomic E-state index is 13.1. The largest absolute Gasteiger partial charge is 0.326 e. The highest BCUT2D eigenvalue weighted by Crippen LogP contribution is 2.32. The number of benzene rings is 3. The number of hydrogen-bond donors (Lipinski definition) is 2. The number of carbonyl (C=O) groups excluding carboxylic acids is 4. The number of nitrogens with zero attached hydrogens (tertiary/aromatic N) is 2. The van der Waals surface area contributed by atoms with Gasteiger partial charge in [-0.05, 0) is 78.9 Å². The summed E-state index contributed by atoms with van der Waals surface area (Å²) in [5.41, 5.74) is 5.68. The molecular formula is C29H26N4O4. The fraction of sp³-hybridized carbons (Fsp3) is 0.241. The number of rotatable bonds is 4. The highest BCUT2D eigenvalue weighted by molar-refractivity contribution is 6.15. The molecule has 1 aliphatic carbocycles. The number of anilines is 4. The fourth-order valence-corrected chi connectivity index (χ4v) is 5.37. The van der Waals surface area contributed by atoms with Crippen molar-refractivity contribution in [3.05, 3.63) is 83.4 Å². The lowest BCUT2D eigenvalue weighted by Gasteiger charge is -2.29. The van der Waals surface area contributed by atoms with Gasteiger partial charge in [-0.15, -0.1) is 0 Å². The summed E-state index contributed by atoms with van der Waals surface area (Å²) in [6.45, 7) is 0.279. The third-order valence-electron chi connectivity index (χ3n) is 7.30. The molecule has 3 aliphatic rings. The summed E-state index contributed by atoms with van der Waals surface area (Å²) in [6, 6.07) is 19.9. The lowest BCUT2D eigenvalue weighted by Crippen LogP contribution is -2.42. The molecule has 2 aliphatic heterocycles. The van der Waals surface area contributed by atoms with Gasteiger partial charge in [0.25, 0.3) is 5.91 Å². The second-order valence-corrected chi connectivity index (χ2v) is 9.74. The van der Waals surface area contributed by atoms with Gasteiger partial charge in [-0.3, -0.25) is 24.1 Å². The first kappa shape index (κ1) is 23.0. The van der Waals surface area contributed by atoms with E-state index in [0.717, 1.165) is 24.9 Å². The minimum absolute atomic E-state index is 0.0510. The summed E-state index contributed by atoms with van der Waals surface area (Å²) in [5, 5.41) is 5.65. The van der Waals surface area contributed by atoms with E-state index >= 15 is 0 Å². The zero-order chi connectivity index (χ0) is 25.5. The van der Waals surface area contributed by atoms with Crippen LogP contribution in [0.5, 0.6) is 0 Å². The first-order chi connectivity index (χ1) is 18.0. The van der Waals surface area contributed by atoms with Crippen LogP contribution in [0.4, 0.5) is 22.7 Å². The molecule has 8 heteroatoms. The average Bonchev–Trinajstić information content (AvgIpc) is 3.54. The summed E-state index contributed by atoms with van der Waals surface area (Å²) in [5.74, 6) is -1.28. The Morgan fingerprint density at radius 1 is 0.919 bits per heavy atom. The summed E-state index contributed by atoms with van der Waals surface area (Å²) >= 11 is 0. The third-order valence-corrected chi connectivity index (χ3v) is 7.30. The van der Waals surface area contributed by atoms with E-state index in [-0.39, 0.29) is 36.6 Å². The average molecular weight is 495 g/mol. The molecule has 2 heterocycles. The summed E-state index contributed by atoms with van der Waals surface area (Å²) in [6.07, 6.45) is 3.42. The molecule has 1 unspecified atom stereocenters. The standard InChI is InChI=1S/C29H26N4O4/c34-26-17-33(25-7-2-1-6-24(25)31-26)29(37)19-8-11-22(12-9-19)30-28(36)21-15-27(35)32(16-21)23-13-10-18-4-3-5-20(18)14-23/h1-2,6-14,21H,3-5,15-17H2,(H,30,36)(H,31,34). The van der Waals surface area contributed by atoms with Gasteiger partial charge in [0.1, 0.15) is 6.54 Å². The van der Waals surface area contributed by atoms with Crippen molar-refractivity contribution in [2.24, 2.45) is 5.92 Å². The van der Waals surface area contributed by atoms with Gasteiger partial charge in [0.05, 0.1) is 17.3 Å². The van der Waals surface area contributed by atoms with Crippen molar-refractivity contribution in [3.8, 4) is 0 Å². The van der Waals surface area contributed by atoms with E-state index in [9.17, 15) is 19.2 Å². The van der Waals surface area contributed by atoms with Crippen LogP contribution in [-0.2, 0) is 27.2 Å². The summed E-state index contributed by atoms with van der Waals surface area (Å²) in [7, 11) is 0. The summed E-state index contributed by atoms with van der Waals surface area (Å²) in [4.78, 5) is 54.0. The van der Waals surface area contributed by atoms with Gasteiger partial charge < -0.3 is 15.5 Å². The van der Waals surface area contributed by atoms with Crippen LogP contribution >= 0.6 is 0 Å². The predicted molar refractivity (Wildman–Crippen MR) is 141 cm³/mol. The molecule has 37 heavy (non-hydrogen) atoms. The van der Waals surface area contributed by atoms with Gasteiger partial charge >= 0.3 is 0 Å². The van der Waals surface area contributed by atoms with Crippen molar-refractivity contribution in [3.63, 3.8) is 0 Å². The molecule has 1 saturated heterocycles. The van der Waals surface area contributed by atoms with Crippen LogP contribution in [0.2, 0.25) is 0 Å². The lowest BCUT2D eigenvalue weighted by atomic mass is 10.1. The second kappa shape index (κ2) is 9.20. The van der Waals surface area contributed by atoms with Crippen molar-refractivity contribution >= 4 is 46.4 Å². The Hall–Kier alpha value is -4.46. The van der Waals surface area contributed by atoms with Crippen LogP contribution in [-0.4, -0.2) is 36.7 Å². The van der Waals surface area contributed by atoms with Crippen LogP contribution in [0.1, 0.15) is 34.3 Å². The first-order valence-electron chi connectivity index (χ1n) is 12.5. The van der Waals surface area contributed by atoms with Gasteiger partial charge in [0.15, 0.2) is 0 Å². The van der Waals surface area contributed by atoms with Crippen molar-refractivity contribution in [2.45, 2.75) is 25.7 Å². The molecule has 0 aromatic heterocycles. The molecule has 0 spiro atoms. The van der Waals surface area contributed by atoms with Crippen molar-refractivity contribution < 1.29 is 19.2 Å². The smallest absolute Gasteiger partial charge is 0.258 e. The highest BCUT2D eigenvalue weighted by atomic mass is 16.2. The van der Waals surface area contributed by atoms with Gasteiger partial charge in [-0.2, -0.15) is 0 Å². The minimum Gasteiger partial charge on any atom is -0.326 e. The van der Waals surface area contributed by atoms with Crippen molar-refractivity contribution in [2.75, 3.05) is 33.5 Å². The normalized spacial score (nSPS) is 18.3. The van der Waals surface area contributed by atoms with Crippen LogP contribution in [0.25, 0.3) is 0 Å². The van der Waals surface area contributed by atoms with E-state index in [0.29, 0.717) is 29.2 Å². The Kier molecular flexibility index (Phi) is 5.71. The molecule has 3 aromatic rings. The SMILES string of the molecule is O=C1CN(C(=O)c2ccc(NC(=O)C3CC(=O)N(c4ccc5c(c4)CCC5)C3)cc2)c2ccccc2N1. The number of aryl methyl sites for hydroxylation is 2. The van der Waals surface area contributed by atoms with Gasteiger partial charge in [-0.1, -0.05) is 18.2 Å². The maximum Gasteiger partial charge on any atom is 0.258 e. The Morgan fingerprint density at radius 2 is 1.70 bits per heavy atom. The van der Waals surface area contributed by atoms with Crippen LogP contribution in [0.15, 0.2) is 66.7 Å². The zero-order valence-corrected chi connectivity index (χ0v) is 20.2. The molecule has 1 fully saturated rings. The molecule has 6 rings (SSSR count). The number of nitrogens with one attached hydrogen (secondary N) is 2. The Balaban J connectivity index is 1.11. The van der Waals surface area contributed by atoms with E-state index in [1.54, 1.807) is 47.4 Å². The molecule has 186 valence electrons. The maximum absolute atomic E-state index is 13.1. The highest BCUT2D eigenvalue weighted by Gasteiger charge is 2.35. The third kappa shape index (κ3) is 4.35. The number of amides is 4. The monoisotopic (exact) mass is 494 g/mol. The van der Waals surface area contributed by atoms with E-state index < -0.39 is 5.92 Å². The van der Waals surface area contributed by atoms with Crippen LogP contribution in [0.3, 0.4) is 0 Å². The molecular weight excluding hydrogens is 468 g/mol. The Morgan fingerprint density at radius 3 is 2.54 bits per heavy atom. The molecule has 2 N–H and O–H groups in total. The second-order valence-electron chi connectivity index (χ2n) is 9.74. The van der Waals surface area contributed by atoms with Crippen molar-refractivity contribution in [1.82, 2.24) is 0 Å². The molecule has 0 saturated carbocycles. The Bertz CT molecular complexity index is 1430. The van der Waals surface area contributed by atoms with Crippen LogP contribution in [0, 0.1) is 5.92 Å². The first-order valence-corrected chi connectivity index (χ1v) is 12.5. The fourth-order valence-electron chi connectivity index (χ4n) is 5.37. The molecule has 1 atom stereocenters. The number of hydrogen-bond acceptors (Lipinski definition) is 4. The summed E-state index contributed by atoms with van der Waals surface area (Å²) < 4.78 is 0. The molecule has 8 nitrogen and oxygen atoms in total. The van der Waals surface area contributed by atoms with Gasteiger partial charge in [-0.25, -0.2) is 0 Å². The number of para-hydroxylation sites is 2. The van der Waals surface area contributed by atoms with E-state index in [2.05, 4.69) is 22.8 Å².